The van der Waals surface area contributed by atoms with Gasteiger partial charge in [-0.25, -0.2) is 0 Å². The molecule has 0 radical (unpaired) electrons. The number of methoxy groups -OCH3 is 1. The van der Waals surface area contributed by atoms with Crippen LogP contribution < -0.4 is 10.5 Å². The SMILES string of the molecule is COc1csc(C(N)C(C)c2ccccn2)c1. The summed E-state index contributed by atoms with van der Waals surface area (Å²) < 4.78 is 5.17. The number of pyridine rings is 1. The molecule has 2 aromatic heterocycles. The minimum absolute atomic E-state index is 0.0428. The van der Waals surface area contributed by atoms with Crippen LogP contribution in [0.25, 0.3) is 0 Å². The lowest BCUT2D eigenvalue weighted by atomic mass is 9.97. The van der Waals surface area contributed by atoms with E-state index in [1.807, 2.05) is 29.6 Å². The van der Waals surface area contributed by atoms with Gasteiger partial charge in [0, 0.05) is 34.1 Å². The highest BCUT2D eigenvalue weighted by Crippen LogP contribution is 2.33. The van der Waals surface area contributed by atoms with Crippen LogP contribution in [0.2, 0.25) is 0 Å². The molecule has 3 nitrogen and oxygen atoms in total. The van der Waals surface area contributed by atoms with E-state index >= 15 is 0 Å². The number of thiophene rings is 1. The Bertz CT molecular complexity index is 469. The highest BCUT2D eigenvalue weighted by molar-refractivity contribution is 7.10. The molecule has 2 heterocycles. The van der Waals surface area contributed by atoms with E-state index < -0.39 is 0 Å². The summed E-state index contributed by atoms with van der Waals surface area (Å²) in [5.74, 6) is 1.06. The second-order valence-electron chi connectivity index (χ2n) is 3.96. The van der Waals surface area contributed by atoms with Crippen molar-refractivity contribution in [2.75, 3.05) is 7.11 Å². The fourth-order valence-corrected chi connectivity index (χ4v) is 2.65. The van der Waals surface area contributed by atoms with Gasteiger partial charge in [-0.3, -0.25) is 4.98 Å². The van der Waals surface area contributed by atoms with E-state index in [0.29, 0.717) is 0 Å². The molecule has 90 valence electrons. The molecule has 0 bridgehead atoms. The van der Waals surface area contributed by atoms with Crippen molar-refractivity contribution in [3.63, 3.8) is 0 Å². The molecule has 2 N–H and O–H groups in total. The Morgan fingerprint density at radius 3 is 2.82 bits per heavy atom. The fourth-order valence-electron chi connectivity index (χ4n) is 1.69. The van der Waals surface area contributed by atoms with Crippen LogP contribution in [0.1, 0.15) is 29.5 Å². The second kappa shape index (κ2) is 5.29. The quantitative estimate of drug-likeness (QED) is 0.905. The largest absolute Gasteiger partial charge is 0.496 e. The molecular formula is C13H16N2OS. The zero-order valence-electron chi connectivity index (χ0n) is 9.96. The third-order valence-electron chi connectivity index (χ3n) is 2.85. The monoisotopic (exact) mass is 248 g/mol. The first-order chi connectivity index (χ1) is 8.22. The van der Waals surface area contributed by atoms with Crippen molar-refractivity contribution in [1.29, 1.82) is 0 Å². The summed E-state index contributed by atoms with van der Waals surface area (Å²) in [6.45, 7) is 2.10. The highest BCUT2D eigenvalue weighted by atomic mass is 32.1. The number of hydrogen-bond donors (Lipinski definition) is 1. The van der Waals surface area contributed by atoms with E-state index in [0.717, 1.165) is 16.3 Å². The number of nitrogens with zero attached hydrogens (tertiary/aromatic N) is 1. The van der Waals surface area contributed by atoms with Crippen molar-refractivity contribution in [3.8, 4) is 5.75 Å². The molecule has 0 saturated carbocycles. The van der Waals surface area contributed by atoms with E-state index in [-0.39, 0.29) is 12.0 Å². The number of hydrogen-bond acceptors (Lipinski definition) is 4. The molecule has 0 aromatic carbocycles. The topological polar surface area (TPSA) is 48.1 Å². The zero-order valence-corrected chi connectivity index (χ0v) is 10.8. The summed E-state index contributed by atoms with van der Waals surface area (Å²) >= 11 is 1.63. The Balaban J connectivity index is 2.17. The van der Waals surface area contributed by atoms with Gasteiger partial charge in [0.25, 0.3) is 0 Å². The molecule has 0 aliphatic heterocycles. The first-order valence-corrected chi connectivity index (χ1v) is 6.39. The standard InChI is InChI=1S/C13H16N2OS/c1-9(11-5-3-4-6-15-11)13(14)12-7-10(16-2)8-17-12/h3-9,13H,14H2,1-2H3. The first-order valence-electron chi connectivity index (χ1n) is 5.51. The molecule has 2 atom stereocenters. The lowest BCUT2D eigenvalue weighted by molar-refractivity contribution is 0.416. The molecule has 17 heavy (non-hydrogen) atoms. The minimum atomic E-state index is -0.0428. The Labute approximate surface area is 105 Å². The van der Waals surface area contributed by atoms with Gasteiger partial charge in [0.1, 0.15) is 5.75 Å². The molecule has 0 fully saturated rings. The molecular weight excluding hydrogens is 232 g/mol. The predicted octanol–water partition coefficient (Wildman–Crippen LogP) is 2.96. The minimum Gasteiger partial charge on any atom is -0.496 e. The van der Waals surface area contributed by atoms with Crippen molar-refractivity contribution in [2.24, 2.45) is 5.73 Å². The van der Waals surface area contributed by atoms with Crippen molar-refractivity contribution >= 4 is 11.3 Å². The van der Waals surface area contributed by atoms with Gasteiger partial charge in [0.05, 0.1) is 7.11 Å². The van der Waals surface area contributed by atoms with Crippen molar-refractivity contribution in [1.82, 2.24) is 4.98 Å². The van der Waals surface area contributed by atoms with Gasteiger partial charge in [-0.2, -0.15) is 0 Å². The van der Waals surface area contributed by atoms with Crippen LogP contribution in [0.3, 0.4) is 0 Å². The second-order valence-corrected chi connectivity index (χ2v) is 4.90. The van der Waals surface area contributed by atoms with Crippen LogP contribution in [0.5, 0.6) is 5.75 Å². The van der Waals surface area contributed by atoms with Gasteiger partial charge < -0.3 is 10.5 Å². The lowest BCUT2D eigenvalue weighted by Gasteiger charge is -2.17. The molecule has 0 aliphatic rings. The average molecular weight is 248 g/mol. The highest BCUT2D eigenvalue weighted by Gasteiger charge is 2.19. The Hall–Kier alpha value is -1.39. The normalized spacial score (nSPS) is 14.3. The molecule has 0 saturated heterocycles. The van der Waals surface area contributed by atoms with Gasteiger partial charge in [-0.05, 0) is 18.2 Å². The molecule has 0 amide bonds. The molecule has 0 spiro atoms. The third-order valence-corrected chi connectivity index (χ3v) is 3.87. The Kier molecular flexibility index (Phi) is 3.76. The number of rotatable bonds is 4. The maximum absolute atomic E-state index is 6.25. The number of nitrogens with two attached hydrogens (primary N) is 1. The summed E-state index contributed by atoms with van der Waals surface area (Å²) in [6.07, 6.45) is 1.80. The van der Waals surface area contributed by atoms with E-state index in [9.17, 15) is 0 Å². The Morgan fingerprint density at radius 2 is 2.24 bits per heavy atom. The summed E-state index contributed by atoms with van der Waals surface area (Å²) in [7, 11) is 1.67. The predicted molar refractivity (Wildman–Crippen MR) is 70.5 cm³/mol. The smallest absolute Gasteiger partial charge is 0.129 e. The number of aromatic nitrogens is 1. The molecule has 2 unspecified atom stereocenters. The molecule has 2 aromatic rings. The van der Waals surface area contributed by atoms with Crippen LogP contribution in [0.4, 0.5) is 0 Å². The summed E-state index contributed by atoms with van der Waals surface area (Å²) in [5, 5.41) is 1.97. The van der Waals surface area contributed by atoms with Gasteiger partial charge in [0.15, 0.2) is 0 Å². The van der Waals surface area contributed by atoms with Gasteiger partial charge >= 0.3 is 0 Å². The van der Waals surface area contributed by atoms with Crippen molar-refractivity contribution < 1.29 is 4.74 Å². The van der Waals surface area contributed by atoms with Crippen LogP contribution in [0.15, 0.2) is 35.8 Å². The van der Waals surface area contributed by atoms with Crippen LogP contribution in [-0.2, 0) is 0 Å². The Morgan fingerprint density at radius 1 is 1.41 bits per heavy atom. The lowest BCUT2D eigenvalue weighted by Crippen LogP contribution is -2.17. The third kappa shape index (κ3) is 2.65. The van der Waals surface area contributed by atoms with Crippen LogP contribution in [0, 0.1) is 0 Å². The maximum Gasteiger partial charge on any atom is 0.129 e. The average Bonchev–Trinajstić information content (AvgIpc) is 2.87. The molecule has 4 heteroatoms. The van der Waals surface area contributed by atoms with E-state index in [1.165, 1.54) is 0 Å². The molecule has 0 aliphatic carbocycles. The summed E-state index contributed by atoms with van der Waals surface area (Å²) in [6, 6.07) is 7.86. The molecule has 2 rings (SSSR count). The van der Waals surface area contributed by atoms with Crippen LogP contribution >= 0.6 is 11.3 Å². The van der Waals surface area contributed by atoms with Crippen molar-refractivity contribution in [2.45, 2.75) is 18.9 Å². The van der Waals surface area contributed by atoms with Gasteiger partial charge in [-0.15, -0.1) is 11.3 Å². The summed E-state index contributed by atoms with van der Waals surface area (Å²) in [5.41, 5.74) is 7.27. The van der Waals surface area contributed by atoms with Gasteiger partial charge in [0.2, 0.25) is 0 Å². The number of ether oxygens (including phenoxy) is 1. The fraction of sp³-hybridized carbons (Fsp3) is 0.308. The summed E-state index contributed by atoms with van der Waals surface area (Å²) in [4.78, 5) is 5.47. The van der Waals surface area contributed by atoms with E-state index in [2.05, 4.69) is 11.9 Å². The maximum atomic E-state index is 6.25. The van der Waals surface area contributed by atoms with Crippen molar-refractivity contribution in [3.05, 3.63) is 46.4 Å². The zero-order chi connectivity index (χ0) is 12.3. The van der Waals surface area contributed by atoms with E-state index in [1.54, 1.807) is 24.6 Å². The first kappa shape index (κ1) is 12.1. The van der Waals surface area contributed by atoms with E-state index in [4.69, 9.17) is 10.5 Å². The van der Waals surface area contributed by atoms with Crippen LogP contribution in [-0.4, -0.2) is 12.1 Å². The van der Waals surface area contributed by atoms with Gasteiger partial charge in [-0.1, -0.05) is 13.0 Å².